The summed E-state index contributed by atoms with van der Waals surface area (Å²) in [6, 6.07) is 0. The molecule has 12 heavy (non-hydrogen) atoms. The van der Waals surface area contributed by atoms with E-state index in [4.69, 9.17) is 9.47 Å². The van der Waals surface area contributed by atoms with Crippen LogP contribution in [0.4, 0.5) is 4.39 Å². The highest BCUT2D eigenvalue weighted by atomic mass is 19.1. The van der Waals surface area contributed by atoms with E-state index >= 15 is 0 Å². The lowest BCUT2D eigenvalue weighted by Crippen LogP contribution is -2.41. The Morgan fingerprint density at radius 3 is 2.58 bits per heavy atom. The zero-order valence-electron chi connectivity index (χ0n) is 7.58. The van der Waals surface area contributed by atoms with Crippen molar-refractivity contribution in [3.8, 4) is 0 Å². The number of hydrogen-bond acceptors (Lipinski definition) is 3. The highest BCUT2D eigenvalue weighted by Crippen LogP contribution is 2.34. The second-order valence-electron chi connectivity index (χ2n) is 3.37. The number of rotatable bonds is 2. The highest BCUT2D eigenvalue weighted by Gasteiger charge is 2.51. The Labute approximate surface area is 71.5 Å². The molecular weight excluding hydrogens is 163 g/mol. The fraction of sp³-hybridized carbons (Fsp3) is 1.00. The van der Waals surface area contributed by atoms with Crippen LogP contribution in [0.1, 0.15) is 13.8 Å². The van der Waals surface area contributed by atoms with Gasteiger partial charge in [-0.2, -0.15) is 0 Å². The Bertz CT molecular complexity index is 160. The quantitative estimate of drug-likeness (QED) is 0.669. The van der Waals surface area contributed by atoms with Gasteiger partial charge in [-0.05, 0) is 13.8 Å². The fourth-order valence-corrected chi connectivity index (χ4v) is 1.37. The summed E-state index contributed by atoms with van der Waals surface area (Å²) in [7, 11) is 1.49. The second-order valence-corrected chi connectivity index (χ2v) is 3.37. The maximum Gasteiger partial charge on any atom is 0.162 e. The molecule has 4 atom stereocenters. The number of methoxy groups -OCH3 is 1. The zero-order chi connectivity index (χ0) is 9.35. The number of halogens is 1. The van der Waals surface area contributed by atoms with E-state index < -0.39 is 24.0 Å². The van der Waals surface area contributed by atoms with Crippen molar-refractivity contribution >= 4 is 0 Å². The van der Waals surface area contributed by atoms with E-state index in [9.17, 15) is 9.50 Å². The molecule has 1 fully saturated rings. The van der Waals surface area contributed by atoms with Crippen LogP contribution in [0.2, 0.25) is 0 Å². The third-order valence-electron chi connectivity index (χ3n) is 2.44. The van der Waals surface area contributed by atoms with Crippen molar-refractivity contribution in [3.63, 3.8) is 0 Å². The summed E-state index contributed by atoms with van der Waals surface area (Å²) in [6.07, 6.45) is -2.21. The number of aliphatic hydroxyl groups is 1. The van der Waals surface area contributed by atoms with Crippen molar-refractivity contribution in [3.05, 3.63) is 0 Å². The van der Waals surface area contributed by atoms with E-state index in [-0.39, 0.29) is 6.61 Å². The first-order chi connectivity index (χ1) is 5.50. The molecule has 3 nitrogen and oxygen atoms in total. The molecule has 4 heteroatoms. The van der Waals surface area contributed by atoms with E-state index in [0.29, 0.717) is 0 Å². The van der Waals surface area contributed by atoms with Crippen LogP contribution in [0.25, 0.3) is 0 Å². The number of alkyl halides is 1. The van der Waals surface area contributed by atoms with Gasteiger partial charge in [0.2, 0.25) is 0 Å². The Morgan fingerprint density at radius 2 is 2.25 bits per heavy atom. The van der Waals surface area contributed by atoms with Crippen molar-refractivity contribution in [1.29, 1.82) is 0 Å². The standard InChI is InChI=1S/C8H15FO3/c1-5-8(2,9)7(10)6(12-5)4-11-3/h5-7,10H,4H2,1-3H3. The molecule has 1 aliphatic rings. The molecular formula is C8H15FO3. The van der Waals surface area contributed by atoms with Crippen LogP contribution in [0.5, 0.6) is 0 Å². The van der Waals surface area contributed by atoms with Crippen molar-refractivity contribution < 1.29 is 19.0 Å². The van der Waals surface area contributed by atoms with Crippen LogP contribution >= 0.6 is 0 Å². The zero-order valence-corrected chi connectivity index (χ0v) is 7.58. The average Bonchev–Trinajstić information content (AvgIpc) is 2.17. The van der Waals surface area contributed by atoms with Crippen LogP contribution in [0.15, 0.2) is 0 Å². The average molecular weight is 178 g/mol. The van der Waals surface area contributed by atoms with Gasteiger partial charge < -0.3 is 14.6 Å². The van der Waals surface area contributed by atoms with E-state index in [1.807, 2.05) is 0 Å². The molecule has 1 N–H and O–H groups in total. The van der Waals surface area contributed by atoms with Crippen molar-refractivity contribution in [2.24, 2.45) is 0 Å². The van der Waals surface area contributed by atoms with Gasteiger partial charge in [0.25, 0.3) is 0 Å². The van der Waals surface area contributed by atoms with Gasteiger partial charge in [0.05, 0.1) is 12.7 Å². The third-order valence-corrected chi connectivity index (χ3v) is 2.44. The molecule has 0 saturated carbocycles. The van der Waals surface area contributed by atoms with E-state index in [1.165, 1.54) is 14.0 Å². The molecule has 1 aliphatic heterocycles. The van der Waals surface area contributed by atoms with Crippen LogP contribution in [0, 0.1) is 0 Å². The van der Waals surface area contributed by atoms with Gasteiger partial charge >= 0.3 is 0 Å². The molecule has 1 saturated heterocycles. The first-order valence-electron chi connectivity index (χ1n) is 4.01. The lowest BCUT2D eigenvalue weighted by molar-refractivity contribution is -0.0291. The van der Waals surface area contributed by atoms with E-state index in [1.54, 1.807) is 6.92 Å². The fourth-order valence-electron chi connectivity index (χ4n) is 1.37. The van der Waals surface area contributed by atoms with Gasteiger partial charge in [0.15, 0.2) is 5.67 Å². The SMILES string of the molecule is COCC1OC(C)C(C)(F)C1O. The maximum atomic E-state index is 13.5. The van der Waals surface area contributed by atoms with Gasteiger partial charge in [-0.1, -0.05) is 0 Å². The Balaban J connectivity index is 2.63. The minimum Gasteiger partial charge on any atom is -0.387 e. The second kappa shape index (κ2) is 3.28. The molecule has 0 bridgehead atoms. The number of ether oxygens (including phenoxy) is 2. The van der Waals surface area contributed by atoms with E-state index in [2.05, 4.69) is 0 Å². The third kappa shape index (κ3) is 1.46. The Kier molecular flexibility index (Phi) is 2.70. The van der Waals surface area contributed by atoms with Crippen molar-refractivity contribution in [1.82, 2.24) is 0 Å². The minimum atomic E-state index is -1.66. The molecule has 1 rings (SSSR count). The normalized spacial score (nSPS) is 48.2. The van der Waals surface area contributed by atoms with Crippen molar-refractivity contribution in [2.45, 2.75) is 37.8 Å². The summed E-state index contributed by atoms with van der Waals surface area (Å²) < 4.78 is 23.5. The van der Waals surface area contributed by atoms with Crippen molar-refractivity contribution in [2.75, 3.05) is 13.7 Å². The highest BCUT2D eigenvalue weighted by molar-refractivity contribution is 4.99. The molecule has 1 heterocycles. The predicted molar refractivity (Wildman–Crippen MR) is 41.7 cm³/mol. The number of hydrogen-bond donors (Lipinski definition) is 1. The van der Waals surface area contributed by atoms with Crippen LogP contribution in [-0.4, -0.2) is 42.8 Å². The van der Waals surface area contributed by atoms with Gasteiger partial charge in [-0.15, -0.1) is 0 Å². The number of aliphatic hydroxyl groups excluding tert-OH is 1. The molecule has 0 aromatic carbocycles. The Hall–Kier alpha value is -0.190. The monoisotopic (exact) mass is 178 g/mol. The molecule has 0 aromatic rings. The molecule has 0 aliphatic carbocycles. The summed E-state index contributed by atoms with van der Waals surface area (Å²) in [6.45, 7) is 3.18. The first-order valence-corrected chi connectivity index (χ1v) is 4.01. The van der Waals surface area contributed by atoms with Gasteiger partial charge in [0.1, 0.15) is 12.2 Å². The molecule has 0 spiro atoms. The van der Waals surface area contributed by atoms with Crippen LogP contribution in [-0.2, 0) is 9.47 Å². The molecule has 72 valence electrons. The minimum absolute atomic E-state index is 0.227. The summed E-state index contributed by atoms with van der Waals surface area (Å²) in [5.74, 6) is 0. The summed E-state index contributed by atoms with van der Waals surface area (Å²) in [4.78, 5) is 0. The van der Waals surface area contributed by atoms with Crippen LogP contribution in [0.3, 0.4) is 0 Å². The first kappa shape index (κ1) is 9.89. The Morgan fingerprint density at radius 1 is 1.67 bits per heavy atom. The van der Waals surface area contributed by atoms with Crippen LogP contribution < -0.4 is 0 Å². The molecule has 0 aromatic heterocycles. The molecule has 0 radical (unpaired) electrons. The summed E-state index contributed by atoms with van der Waals surface area (Å²) in [5, 5.41) is 9.44. The van der Waals surface area contributed by atoms with Gasteiger partial charge in [0, 0.05) is 7.11 Å². The van der Waals surface area contributed by atoms with E-state index in [0.717, 1.165) is 0 Å². The van der Waals surface area contributed by atoms with Gasteiger partial charge in [-0.25, -0.2) is 4.39 Å². The maximum absolute atomic E-state index is 13.5. The summed E-state index contributed by atoms with van der Waals surface area (Å²) >= 11 is 0. The smallest absolute Gasteiger partial charge is 0.162 e. The summed E-state index contributed by atoms with van der Waals surface area (Å²) in [5.41, 5.74) is -1.66. The molecule has 0 amide bonds. The molecule has 4 unspecified atom stereocenters. The lowest BCUT2D eigenvalue weighted by Gasteiger charge is -2.20. The lowest BCUT2D eigenvalue weighted by atomic mass is 9.96. The topological polar surface area (TPSA) is 38.7 Å². The van der Waals surface area contributed by atoms with Gasteiger partial charge in [-0.3, -0.25) is 0 Å². The predicted octanol–water partition coefficient (Wildman–Crippen LogP) is 0.509. The largest absolute Gasteiger partial charge is 0.387 e.